The molecule has 0 aromatic heterocycles. The Morgan fingerprint density at radius 2 is 0.471 bits per heavy atom. The van der Waals surface area contributed by atoms with Crippen LogP contribution in [0.15, 0.2) is 59.0 Å². The van der Waals surface area contributed by atoms with E-state index < -0.39 is 0 Å². The maximum Gasteiger partial charge on any atom is 0.134 e. The third-order valence-corrected chi connectivity index (χ3v) is 4.77. The van der Waals surface area contributed by atoms with Gasteiger partial charge in [0.1, 0.15) is 46.6 Å². The molecule has 312 valence electrons. The summed E-state index contributed by atoms with van der Waals surface area (Å²) in [6.07, 6.45) is 18.6. The van der Waals surface area contributed by atoms with Gasteiger partial charge >= 0.3 is 0 Å². The van der Waals surface area contributed by atoms with Gasteiger partial charge in [-0.2, -0.15) is 0 Å². The molecular formula is C28H85N23. The van der Waals surface area contributed by atoms with Crippen molar-refractivity contribution in [3.63, 3.8) is 0 Å². The summed E-state index contributed by atoms with van der Waals surface area (Å²) in [7, 11) is 0. The first kappa shape index (κ1) is 64.4. The second-order valence-electron chi connectivity index (χ2n) is 9.90. The Balaban J connectivity index is -0.0000000723. The standard InChI is InChI=1S/C13H29N.C3H10N2.3C2H8N4.2C2H7N3.C2H8N2/c1-2-3-4-5-6-7-8-9-10-11-12-13-14;4-2-1-3-5;3*3-1(4)2(5)6;2*3-1-2(4)5;3-1-2-4/h2-14H2,1H3;1-5H2;3*3-6H2;2*1H,3-5H2;1-4H2. The summed E-state index contributed by atoms with van der Waals surface area (Å²) in [6, 6.07) is 0. The maximum atomic E-state index is 5.44. The Labute approximate surface area is 307 Å². The van der Waals surface area contributed by atoms with Gasteiger partial charge in [0.15, 0.2) is 0 Å². The smallest absolute Gasteiger partial charge is 0.134 e. The van der Waals surface area contributed by atoms with Gasteiger partial charge in [0.05, 0.1) is 0 Å². The summed E-state index contributed by atoms with van der Waals surface area (Å²) in [5.74, 6) is 0.204. The van der Waals surface area contributed by atoms with Gasteiger partial charge in [0.25, 0.3) is 0 Å². The molecule has 0 bridgehead atoms. The molecule has 0 unspecified atom stereocenters. The predicted molar refractivity (Wildman–Crippen MR) is 219 cm³/mol. The quantitative estimate of drug-likeness (QED) is 0.0735. The van der Waals surface area contributed by atoms with Gasteiger partial charge in [-0.15, -0.1) is 0 Å². The average molecular weight is 744 g/mol. The highest BCUT2D eigenvalue weighted by Gasteiger charge is 1.91. The van der Waals surface area contributed by atoms with Crippen LogP contribution in [0.4, 0.5) is 0 Å². The van der Waals surface area contributed by atoms with Crippen LogP contribution in [0.25, 0.3) is 0 Å². The molecule has 0 heterocycles. The van der Waals surface area contributed by atoms with Crippen molar-refractivity contribution in [1.29, 1.82) is 0 Å². The molecule has 0 atom stereocenters. The SMILES string of the molecule is CCCCCCCCCCCCCN.NC(N)=C(N)N.NC(N)=C(N)N.NC(N)=C(N)N.NC=C(N)N.NC=C(N)N.NCCCN.NCCN. The monoisotopic (exact) mass is 744 g/mol. The third kappa shape index (κ3) is 133. The van der Waals surface area contributed by atoms with Gasteiger partial charge in [-0.1, -0.05) is 71.1 Å². The minimum atomic E-state index is -0.0185. The van der Waals surface area contributed by atoms with Crippen molar-refractivity contribution in [3.05, 3.63) is 59.0 Å². The lowest BCUT2D eigenvalue weighted by molar-refractivity contribution is 0.551. The van der Waals surface area contributed by atoms with Gasteiger partial charge in [-0.25, -0.2) is 0 Å². The van der Waals surface area contributed by atoms with E-state index in [-0.39, 0.29) is 46.6 Å². The molecule has 46 N–H and O–H groups in total. The highest BCUT2D eigenvalue weighted by molar-refractivity contribution is 4.97. The van der Waals surface area contributed by atoms with Gasteiger partial charge < -0.3 is 132 Å². The summed E-state index contributed by atoms with van der Waals surface area (Å²) in [5, 5.41) is 0. The highest BCUT2D eigenvalue weighted by Crippen LogP contribution is 2.10. The number of hydrogen-bond donors (Lipinski definition) is 23. The van der Waals surface area contributed by atoms with E-state index in [1.807, 2.05) is 0 Å². The molecule has 0 spiro atoms. The zero-order chi connectivity index (χ0) is 42.1. The number of hydrogen-bond acceptors (Lipinski definition) is 23. The normalized spacial score (nSPS) is 8.20. The minimum absolute atomic E-state index is 0.0185. The Kier molecular flexibility index (Phi) is 76.1. The molecule has 23 heteroatoms. The first-order valence-electron chi connectivity index (χ1n) is 16.4. The number of unbranched alkanes of at least 4 members (excludes halogenated alkanes) is 10. The van der Waals surface area contributed by atoms with Gasteiger partial charge in [-0.05, 0) is 32.5 Å². The molecule has 23 nitrogen and oxygen atoms in total. The predicted octanol–water partition coefficient (Wildman–Crippen LogP) is -6.38. The van der Waals surface area contributed by atoms with Gasteiger partial charge in [0.2, 0.25) is 0 Å². The molecule has 51 heavy (non-hydrogen) atoms. The highest BCUT2D eigenvalue weighted by atomic mass is 14.9. The van der Waals surface area contributed by atoms with Crippen LogP contribution in [0, 0.1) is 0 Å². The van der Waals surface area contributed by atoms with Crippen LogP contribution in [0.5, 0.6) is 0 Å². The Hall–Kier alpha value is -5.10. The third-order valence-electron chi connectivity index (χ3n) is 4.77. The fraction of sp³-hybridized carbons (Fsp3) is 0.643. The fourth-order valence-electron chi connectivity index (χ4n) is 1.93. The fourth-order valence-corrected chi connectivity index (χ4v) is 1.93. The van der Waals surface area contributed by atoms with Crippen molar-refractivity contribution in [3.8, 4) is 0 Å². The summed E-state index contributed by atoms with van der Waals surface area (Å²) in [6.45, 7) is 5.78. The zero-order valence-electron chi connectivity index (χ0n) is 31.5. The Morgan fingerprint density at radius 3 is 0.569 bits per heavy atom. The number of nitrogens with two attached hydrogens (primary N) is 23. The largest absolute Gasteiger partial charge is 0.402 e. The van der Waals surface area contributed by atoms with E-state index in [0.717, 1.165) is 38.5 Å². The van der Waals surface area contributed by atoms with Crippen LogP contribution in [0.1, 0.15) is 84.0 Å². The molecule has 0 saturated carbocycles. The molecule has 0 aromatic carbocycles. The maximum absolute atomic E-state index is 5.44. The van der Waals surface area contributed by atoms with Crippen molar-refractivity contribution in [2.75, 3.05) is 32.7 Å². The van der Waals surface area contributed by atoms with Crippen LogP contribution in [0.3, 0.4) is 0 Å². The molecule has 0 radical (unpaired) electrons. The molecular weight excluding hydrogens is 658 g/mol. The number of rotatable bonds is 14. The molecule has 0 rings (SSSR count). The lowest BCUT2D eigenvalue weighted by Crippen LogP contribution is -2.22. The molecule has 0 aliphatic carbocycles. The van der Waals surface area contributed by atoms with Crippen molar-refractivity contribution in [2.45, 2.75) is 84.0 Å². The van der Waals surface area contributed by atoms with E-state index in [4.69, 9.17) is 132 Å². The second kappa shape index (κ2) is 60.2. The average Bonchev–Trinajstić information content (AvgIpc) is 3.07. The van der Waals surface area contributed by atoms with E-state index in [1.165, 1.54) is 70.6 Å². The molecule has 0 aliphatic rings. The van der Waals surface area contributed by atoms with Crippen molar-refractivity contribution >= 4 is 0 Å². The minimum Gasteiger partial charge on any atom is -0.402 e. The van der Waals surface area contributed by atoms with E-state index >= 15 is 0 Å². The van der Waals surface area contributed by atoms with Crippen LogP contribution in [-0.2, 0) is 0 Å². The van der Waals surface area contributed by atoms with E-state index in [0.29, 0.717) is 13.1 Å². The molecule has 0 saturated heterocycles. The lowest BCUT2D eigenvalue weighted by Gasteiger charge is -2.01. The first-order valence-corrected chi connectivity index (χ1v) is 16.4. The Bertz CT molecular complexity index is 666. The van der Waals surface area contributed by atoms with Crippen LogP contribution < -0.4 is 132 Å². The van der Waals surface area contributed by atoms with Gasteiger partial charge in [-0.3, -0.25) is 0 Å². The molecule has 0 amide bonds. The lowest BCUT2D eigenvalue weighted by atomic mass is 10.1. The molecule has 0 aliphatic heterocycles. The van der Waals surface area contributed by atoms with Crippen molar-refractivity contribution in [2.24, 2.45) is 132 Å². The molecule has 0 aromatic rings. The van der Waals surface area contributed by atoms with Gasteiger partial charge in [0, 0.05) is 25.5 Å². The first-order chi connectivity index (χ1) is 23.7. The van der Waals surface area contributed by atoms with Crippen molar-refractivity contribution in [1.82, 2.24) is 0 Å². The van der Waals surface area contributed by atoms with E-state index in [1.54, 1.807) is 0 Å². The van der Waals surface area contributed by atoms with Crippen LogP contribution in [-0.4, -0.2) is 32.7 Å². The van der Waals surface area contributed by atoms with Crippen LogP contribution in [0.2, 0.25) is 0 Å². The summed E-state index contributed by atoms with van der Waals surface area (Å²) in [4.78, 5) is 0. The van der Waals surface area contributed by atoms with E-state index in [2.05, 4.69) is 6.92 Å². The zero-order valence-corrected chi connectivity index (χ0v) is 31.5. The summed E-state index contributed by atoms with van der Waals surface area (Å²) in [5.41, 5.74) is 112. The molecule has 0 fully saturated rings. The summed E-state index contributed by atoms with van der Waals surface area (Å²) >= 11 is 0. The second-order valence-corrected chi connectivity index (χ2v) is 9.90. The van der Waals surface area contributed by atoms with Crippen molar-refractivity contribution < 1.29 is 0 Å². The Morgan fingerprint density at radius 1 is 0.294 bits per heavy atom. The van der Waals surface area contributed by atoms with E-state index in [9.17, 15) is 0 Å². The topological polar surface area (TPSA) is 598 Å². The summed E-state index contributed by atoms with van der Waals surface area (Å²) < 4.78 is 0. The van der Waals surface area contributed by atoms with Crippen LogP contribution >= 0.6 is 0 Å².